The lowest BCUT2D eigenvalue weighted by molar-refractivity contribution is 0.180. The molecule has 1 spiro atoms. The van der Waals surface area contributed by atoms with Crippen molar-refractivity contribution in [1.29, 1.82) is 0 Å². The van der Waals surface area contributed by atoms with Gasteiger partial charge in [-0.1, -0.05) is 37.6 Å². The number of para-hydroxylation sites is 1. The van der Waals surface area contributed by atoms with Crippen molar-refractivity contribution in [3.8, 4) is 0 Å². The lowest BCUT2D eigenvalue weighted by atomic mass is 9.69. The second-order valence-electron chi connectivity index (χ2n) is 6.35. The Labute approximate surface area is 125 Å². The van der Waals surface area contributed by atoms with Crippen molar-refractivity contribution in [2.24, 2.45) is 22.6 Å². The highest BCUT2D eigenvalue weighted by Crippen LogP contribution is 2.46. The minimum Gasteiger partial charge on any atom is -0.369 e. The standard InChI is InChI=1S/C16H22ClN3/c1-11-7-8-16(12(2)9-11)10-19-15(18)20(16)14-6-4-3-5-13(14)17/h3-6,11-12H,7-10H2,1-2H3,(H2,18,19). The molecule has 1 aromatic rings. The zero-order valence-electron chi connectivity index (χ0n) is 12.1. The molecule has 0 radical (unpaired) electrons. The van der Waals surface area contributed by atoms with Gasteiger partial charge in [-0.3, -0.25) is 4.99 Å². The number of aliphatic imine (C=N–C) groups is 1. The van der Waals surface area contributed by atoms with Crippen LogP contribution in [-0.2, 0) is 0 Å². The number of anilines is 1. The Kier molecular flexibility index (Phi) is 3.41. The van der Waals surface area contributed by atoms with Crippen molar-refractivity contribution in [3.63, 3.8) is 0 Å². The second kappa shape index (κ2) is 4.96. The van der Waals surface area contributed by atoms with Crippen LogP contribution in [0.4, 0.5) is 5.69 Å². The molecule has 3 rings (SSSR count). The van der Waals surface area contributed by atoms with Crippen molar-refractivity contribution >= 4 is 23.2 Å². The molecule has 20 heavy (non-hydrogen) atoms. The molecule has 0 amide bonds. The van der Waals surface area contributed by atoms with Gasteiger partial charge in [0.05, 0.1) is 22.8 Å². The summed E-state index contributed by atoms with van der Waals surface area (Å²) in [5, 5.41) is 0.748. The van der Waals surface area contributed by atoms with Gasteiger partial charge < -0.3 is 10.6 Å². The average Bonchev–Trinajstić information content (AvgIpc) is 2.74. The SMILES string of the molecule is CC1CCC2(CN=C(N)N2c2ccccc2Cl)C(C)C1. The van der Waals surface area contributed by atoms with Crippen molar-refractivity contribution in [2.75, 3.05) is 11.4 Å². The minimum atomic E-state index is 0.0155. The summed E-state index contributed by atoms with van der Waals surface area (Å²) in [6.07, 6.45) is 3.59. The van der Waals surface area contributed by atoms with Crippen LogP contribution in [-0.4, -0.2) is 18.0 Å². The van der Waals surface area contributed by atoms with Gasteiger partial charge >= 0.3 is 0 Å². The lowest BCUT2D eigenvalue weighted by Gasteiger charge is -2.48. The van der Waals surface area contributed by atoms with E-state index in [0.717, 1.165) is 29.6 Å². The molecular weight excluding hydrogens is 270 g/mol. The van der Waals surface area contributed by atoms with Crippen LogP contribution in [0.1, 0.15) is 33.1 Å². The van der Waals surface area contributed by atoms with E-state index in [2.05, 4.69) is 23.7 Å². The molecule has 3 unspecified atom stereocenters. The van der Waals surface area contributed by atoms with Crippen molar-refractivity contribution in [1.82, 2.24) is 0 Å². The van der Waals surface area contributed by atoms with E-state index in [9.17, 15) is 0 Å². The van der Waals surface area contributed by atoms with Gasteiger partial charge in [0.15, 0.2) is 5.96 Å². The largest absolute Gasteiger partial charge is 0.369 e. The van der Waals surface area contributed by atoms with E-state index >= 15 is 0 Å². The van der Waals surface area contributed by atoms with Gasteiger partial charge in [-0.15, -0.1) is 0 Å². The molecule has 0 saturated heterocycles. The summed E-state index contributed by atoms with van der Waals surface area (Å²) in [4.78, 5) is 6.75. The summed E-state index contributed by atoms with van der Waals surface area (Å²) < 4.78 is 0. The van der Waals surface area contributed by atoms with Gasteiger partial charge in [-0.25, -0.2) is 0 Å². The number of rotatable bonds is 1. The summed E-state index contributed by atoms with van der Waals surface area (Å²) >= 11 is 6.40. The smallest absolute Gasteiger partial charge is 0.196 e. The summed E-state index contributed by atoms with van der Waals surface area (Å²) in [5.74, 6) is 1.96. The number of nitrogens with two attached hydrogens (primary N) is 1. The van der Waals surface area contributed by atoms with Crippen LogP contribution in [0.25, 0.3) is 0 Å². The zero-order valence-corrected chi connectivity index (χ0v) is 12.9. The van der Waals surface area contributed by atoms with E-state index in [1.165, 1.54) is 12.8 Å². The van der Waals surface area contributed by atoms with E-state index in [0.29, 0.717) is 11.9 Å². The topological polar surface area (TPSA) is 41.6 Å². The third kappa shape index (κ3) is 1.99. The third-order valence-electron chi connectivity index (χ3n) is 5.03. The number of guanidine groups is 1. The molecule has 108 valence electrons. The van der Waals surface area contributed by atoms with Gasteiger partial charge in [0.1, 0.15) is 0 Å². The Bertz CT molecular complexity index is 542. The van der Waals surface area contributed by atoms with Crippen LogP contribution in [0.2, 0.25) is 5.02 Å². The minimum absolute atomic E-state index is 0.0155. The Balaban J connectivity index is 2.03. The maximum atomic E-state index is 6.40. The third-order valence-corrected chi connectivity index (χ3v) is 5.35. The number of benzene rings is 1. The van der Waals surface area contributed by atoms with E-state index in [4.69, 9.17) is 17.3 Å². The van der Waals surface area contributed by atoms with Crippen molar-refractivity contribution < 1.29 is 0 Å². The van der Waals surface area contributed by atoms with Crippen molar-refractivity contribution in [2.45, 2.75) is 38.6 Å². The average molecular weight is 292 g/mol. The Hall–Kier alpha value is -1.22. The first-order valence-electron chi connectivity index (χ1n) is 7.39. The van der Waals surface area contributed by atoms with Crippen LogP contribution in [0.3, 0.4) is 0 Å². The monoisotopic (exact) mass is 291 g/mol. The molecule has 2 N–H and O–H groups in total. The predicted octanol–water partition coefficient (Wildman–Crippen LogP) is 3.67. The highest BCUT2D eigenvalue weighted by atomic mass is 35.5. The highest BCUT2D eigenvalue weighted by molar-refractivity contribution is 6.34. The molecule has 1 fully saturated rings. The lowest BCUT2D eigenvalue weighted by Crippen LogP contribution is -2.58. The van der Waals surface area contributed by atoms with Crippen LogP contribution in [0.15, 0.2) is 29.3 Å². The summed E-state index contributed by atoms with van der Waals surface area (Å²) in [6, 6.07) is 7.93. The fourth-order valence-corrected chi connectivity index (χ4v) is 4.05. The number of hydrogen-bond donors (Lipinski definition) is 1. The molecule has 1 saturated carbocycles. The molecule has 1 aromatic carbocycles. The van der Waals surface area contributed by atoms with Crippen LogP contribution < -0.4 is 10.6 Å². The second-order valence-corrected chi connectivity index (χ2v) is 6.75. The Morgan fingerprint density at radius 1 is 1.35 bits per heavy atom. The molecule has 1 heterocycles. The van der Waals surface area contributed by atoms with E-state index in [1.807, 2.05) is 24.3 Å². The fourth-order valence-electron chi connectivity index (χ4n) is 3.83. The maximum absolute atomic E-state index is 6.40. The molecule has 1 aliphatic carbocycles. The molecule has 1 aliphatic heterocycles. The molecule has 3 nitrogen and oxygen atoms in total. The first kappa shape index (κ1) is 13.7. The zero-order chi connectivity index (χ0) is 14.3. The molecule has 0 bridgehead atoms. The number of nitrogens with zero attached hydrogens (tertiary/aromatic N) is 2. The van der Waals surface area contributed by atoms with Crippen LogP contribution in [0.5, 0.6) is 0 Å². The van der Waals surface area contributed by atoms with E-state index in [-0.39, 0.29) is 5.54 Å². The van der Waals surface area contributed by atoms with Crippen molar-refractivity contribution in [3.05, 3.63) is 29.3 Å². The predicted molar refractivity (Wildman–Crippen MR) is 85.3 cm³/mol. The Morgan fingerprint density at radius 2 is 2.10 bits per heavy atom. The molecule has 0 aromatic heterocycles. The van der Waals surface area contributed by atoms with Crippen LogP contribution in [0, 0.1) is 11.8 Å². The summed E-state index contributed by atoms with van der Waals surface area (Å²) in [5.41, 5.74) is 7.21. The van der Waals surface area contributed by atoms with E-state index < -0.39 is 0 Å². The van der Waals surface area contributed by atoms with Gasteiger partial charge in [0.25, 0.3) is 0 Å². The normalized spacial score (nSPS) is 33.5. The van der Waals surface area contributed by atoms with Crippen LogP contribution >= 0.6 is 11.6 Å². The van der Waals surface area contributed by atoms with Gasteiger partial charge in [-0.2, -0.15) is 0 Å². The number of halogens is 1. The first-order valence-corrected chi connectivity index (χ1v) is 7.77. The first-order chi connectivity index (χ1) is 9.54. The maximum Gasteiger partial charge on any atom is 0.196 e. The number of hydrogen-bond acceptors (Lipinski definition) is 3. The summed E-state index contributed by atoms with van der Waals surface area (Å²) in [7, 11) is 0. The van der Waals surface area contributed by atoms with Gasteiger partial charge in [-0.05, 0) is 43.2 Å². The summed E-state index contributed by atoms with van der Waals surface area (Å²) in [6.45, 7) is 5.45. The molecular formula is C16H22ClN3. The molecule has 2 aliphatic rings. The van der Waals surface area contributed by atoms with Gasteiger partial charge in [0.2, 0.25) is 0 Å². The highest BCUT2D eigenvalue weighted by Gasteiger charge is 2.49. The Morgan fingerprint density at radius 3 is 2.80 bits per heavy atom. The quantitative estimate of drug-likeness (QED) is 0.858. The van der Waals surface area contributed by atoms with Gasteiger partial charge in [0, 0.05) is 0 Å². The van der Waals surface area contributed by atoms with E-state index in [1.54, 1.807) is 0 Å². The fraction of sp³-hybridized carbons (Fsp3) is 0.562. The molecule has 3 atom stereocenters. The molecule has 4 heteroatoms.